The van der Waals surface area contributed by atoms with Crippen LogP contribution in [0.25, 0.3) is 10.8 Å². The lowest BCUT2D eigenvalue weighted by atomic mass is 9.74. The van der Waals surface area contributed by atoms with Crippen molar-refractivity contribution in [3.63, 3.8) is 0 Å². The van der Waals surface area contributed by atoms with Gasteiger partial charge in [0.2, 0.25) is 15.9 Å². The Labute approximate surface area is 266 Å². The zero-order valence-electron chi connectivity index (χ0n) is 25.9. The first-order chi connectivity index (χ1) is 21.8. The molecule has 0 radical (unpaired) electrons. The number of sulfonamides is 1. The number of benzene rings is 4. The summed E-state index contributed by atoms with van der Waals surface area (Å²) in [5.41, 5.74) is 5.60. The van der Waals surface area contributed by atoms with Gasteiger partial charge in [0, 0.05) is 31.1 Å². The molecule has 0 aliphatic carbocycles. The van der Waals surface area contributed by atoms with Crippen molar-refractivity contribution >= 4 is 32.4 Å². The number of nitrogens with one attached hydrogen (secondary N) is 2. The number of piperidine rings is 1. The molecule has 2 atom stereocenters. The number of anilines is 1. The average molecular weight is 623 g/mol. The normalized spacial score (nSPS) is 20.1. The summed E-state index contributed by atoms with van der Waals surface area (Å²) in [4.78, 5) is 16.1. The van der Waals surface area contributed by atoms with Crippen LogP contribution in [0.4, 0.5) is 5.69 Å². The van der Waals surface area contributed by atoms with Crippen molar-refractivity contribution in [3.8, 4) is 0 Å². The second-order valence-corrected chi connectivity index (χ2v) is 15.1. The molecule has 1 amide bonds. The van der Waals surface area contributed by atoms with Crippen LogP contribution in [0.3, 0.4) is 0 Å². The third-order valence-electron chi connectivity index (χ3n) is 10.2. The molecule has 3 heterocycles. The summed E-state index contributed by atoms with van der Waals surface area (Å²) in [5, 5.41) is 9.33. The van der Waals surface area contributed by atoms with Crippen molar-refractivity contribution in [1.82, 2.24) is 15.5 Å². The summed E-state index contributed by atoms with van der Waals surface area (Å²) in [6.45, 7) is 3.93. The van der Waals surface area contributed by atoms with Gasteiger partial charge in [0.1, 0.15) is 0 Å². The minimum absolute atomic E-state index is 0.00134. The molecule has 4 aromatic rings. The topological polar surface area (TPSA) is 81.8 Å². The molecule has 0 bridgehead atoms. The highest BCUT2D eigenvalue weighted by Crippen LogP contribution is 2.47. The largest absolute Gasteiger partial charge is 0.352 e. The molecule has 1 unspecified atom stereocenters. The van der Waals surface area contributed by atoms with Gasteiger partial charge in [-0.25, -0.2) is 8.42 Å². The van der Waals surface area contributed by atoms with Crippen LogP contribution in [0.5, 0.6) is 0 Å². The van der Waals surface area contributed by atoms with Crippen LogP contribution in [0.1, 0.15) is 41.5 Å². The van der Waals surface area contributed by atoms with Gasteiger partial charge < -0.3 is 15.5 Å². The zero-order chi connectivity index (χ0) is 31.0. The molecule has 7 rings (SSSR count). The number of hydrogen-bond acceptors (Lipinski definition) is 5. The number of likely N-dealkylation sites (tertiary alicyclic amines) is 1. The fourth-order valence-corrected chi connectivity index (χ4v) is 8.67. The van der Waals surface area contributed by atoms with Crippen molar-refractivity contribution in [1.29, 1.82) is 0 Å². The number of carbonyl (C=O) groups excluding carboxylic acids is 1. The Morgan fingerprint density at radius 2 is 1.64 bits per heavy atom. The Balaban J connectivity index is 1.04. The predicted molar refractivity (Wildman–Crippen MR) is 181 cm³/mol. The molecule has 0 aromatic heterocycles. The SMILES string of the molecule is CS(=O)(=O)N1CC2(CCN(CCC(Cc3ccc4ccccc4c3)NC(=O)[C@H]3Cc4ccccc4CN3)CC2)c2ccccc21. The standard InChI is InChI=1S/C37H42N4O3S/c1-45(43,44)41-26-37(33-12-6-7-13-35(33)41)17-20-40(21-18-37)19-16-32(23-27-14-15-28-8-2-3-9-29(28)22-27)39-36(42)34-24-30-10-4-5-11-31(30)25-38-34/h2-15,22,32,34,38H,16-21,23-26H2,1H3,(H,39,42)/t32?,34-/m1/s1. The maximum atomic E-state index is 13.6. The van der Waals surface area contributed by atoms with Gasteiger partial charge in [0.15, 0.2) is 0 Å². The van der Waals surface area contributed by atoms with Gasteiger partial charge in [-0.05, 0) is 84.3 Å². The second kappa shape index (κ2) is 12.2. The number of carbonyl (C=O) groups is 1. The van der Waals surface area contributed by atoms with Crippen molar-refractivity contribution in [2.24, 2.45) is 0 Å². The maximum Gasteiger partial charge on any atom is 0.237 e. The van der Waals surface area contributed by atoms with Gasteiger partial charge >= 0.3 is 0 Å². The lowest BCUT2D eigenvalue weighted by Crippen LogP contribution is -2.52. The van der Waals surface area contributed by atoms with Crippen LogP contribution in [0.15, 0.2) is 91.0 Å². The quantitative estimate of drug-likeness (QED) is 0.296. The molecule has 45 heavy (non-hydrogen) atoms. The van der Waals surface area contributed by atoms with Crippen LogP contribution >= 0.6 is 0 Å². The Kier molecular flexibility index (Phi) is 8.14. The zero-order valence-corrected chi connectivity index (χ0v) is 26.7. The average Bonchev–Trinajstić information content (AvgIpc) is 3.38. The van der Waals surface area contributed by atoms with Gasteiger partial charge in [0.25, 0.3) is 0 Å². The van der Waals surface area contributed by atoms with E-state index in [2.05, 4.69) is 82.3 Å². The monoisotopic (exact) mass is 622 g/mol. The molecule has 8 heteroatoms. The summed E-state index contributed by atoms with van der Waals surface area (Å²) in [7, 11) is -3.33. The third kappa shape index (κ3) is 6.24. The number of hydrogen-bond donors (Lipinski definition) is 2. The van der Waals surface area contributed by atoms with Gasteiger partial charge in [-0.3, -0.25) is 9.10 Å². The molecule has 1 fully saturated rings. The summed E-state index contributed by atoms with van der Waals surface area (Å²) in [6.07, 6.45) is 5.47. The Bertz CT molecular complexity index is 1820. The Morgan fingerprint density at radius 3 is 2.44 bits per heavy atom. The minimum atomic E-state index is -3.33. The summed E-state index contributed by atoms with van der Waals surface area (Å²) < 4.78 is 26.9. The number of rotatable bonds is 8. The number of nitrogens with zero attached hydrogens (tertiary/aromatic N) is 2. The van der Waals surface area contributed by atoms with E-state index in [1.165, 1.54) is 33.7 Å². The molecule has 4 aromatic carbocycles. The van der Waals surface area contributed by atoms with Crippen LogP contribution in [-0.2, 0) is 39.6 Å². The number of amides is 1. The van der Waals surface area contributed by atoms with E-state index in [0.29, 0.717) is 19.5 Å². The van der Waals surface area contributed by atoms with E-state index in [4.69, 9.17) is 0 Å². The smallest absolute Gasteiger partial charge is 0.237 e. The molecule has 3 aliphatic rings. The molecule has 1 saturated heterocycles. The highest BCUT2D eigenvalue weighted by Gasteiger charge is 2.46. The Morgan fingerprint density at radius 1 is 0.933 bits per heavy atom. The van der Waals surface area contributed by atoms with Crippen molar-refractivity contribution < 1.29 is 13.2 Å². The minimum Gasteiger partial charge on any atom is -0.352 e. The van der Waals surface area contributed by atoms with Crippen LogP contribution < -0.4 is 14.9 Å². The van der Waals surface area contributed by atoms with Gasteiger partial charge in [-0.1, -0.05) is 84.9 Å². The molecule has 0 saturated carbocycles. The third-order valence-corrected chi connectivity index (χ3v) is 11.4. The molecule has 3 aliphatic heterocycles. The molecule has 7 nitrogen and oxygen atoms in total. The van der Waals surface area contributed by atoms with E-state index in [1.807, 2.05) is 24.3 Å². The summed E-state index contributed by atoms with van der Waals surface area (Å²) in [6, 6.07) is 31.1. The summed E-state index contributed by atoms with van der Waals surface area (Å²) in [5.74, 6) is 0.0660. The lowest BCUT2D eigenvalue weighted by Gasteiger charge is -2.40. The first kappa shape index (κ1) is 30.0. The van der Waals surface area contributed by atoms with Crippen LogP contribution in [0, 0.1) is 0 Å². The highest BCUT2D eigenvalue weighted by atomic mass is 32.2. The van der Waals surface area contributed by atoms with Crippen LogP contribution in [-0.4, -0.2) is 63.7 Å². The maximum absolute atomic E-state index is 13.6. The summed E-state index contributed by atoms with van der Waals surface area (Å²) >= 11 is 0. The Hall–Kier alpha value is -3.72. The van der Waals surface area contributed by atoms with E-state index in [1.54, 1.807) is 4.31 Å². The first-order valence-electron chi connectivity index (χ1n) is 16.2. The van der Waals surface area contributed by atoms with E-state index < -0.39 is 10.0 Å². The highest BCUT2D eigenvalue weighted by molar-refractivity contribution is 7.92. The second-order valence-electron chi connectivity index (χ2n) is 13.2. The number of fused-ring (bicyclic) bond motifs is 4. The van der Waals surface area contributed by atoms with Gasteiger partial charge in [-0.2, -0.15) is 0 Å². The fraction of sp³-hybridized carbons (Fsp3) is 0.378. The van der Waals surface area contributed by atoms with E-state index in [9.17, 15) is 13.2 Å². The lowest BCUT2D eigenvalue weighted by molar-refractivity contribution is -0.124. The number of para-hydroxylation sites is 1. The molecular formula is C37H42N4O3S. The molecular weight excluding hydrogens is 580 g/mol. The van der Waals surface area contributed by atoms with Crippen molar-refractivity contribution in [3.05, 3.63) is 113 Å². The first-order valence-corrected chi connectivity index (χ1v) is 18.0. The van der Waals surface area contributed by atoms with Gasteiger partial charge in [0.05, 0.1) is 18.0 Å². The molecule has 234 valence electrons. The van der Waals surface area contributed by atoms with E-state index >= 15 is 0 Å². The van der Waals surface area contributed by atoms with Crippen LogP contribution in [0.2, 0.25) is 0 Å². The van der Waals surface area contributed by atoms with Crippen molar-refractivity contribution in [2.75, 3.05) is 36.7 Å². The van der Waals surface area contributed by atoms with Crippen molar-refractivity contribution in [2.45, 2.75) is 56.1 Å². The molecule has 2 N–H and O–H groups in total. The van der Waals surface area contributed by atoms with E-state index in [0.717, 1.165) is 56.6 Å². The molecule has 1 spiro atoms. The van der Waals surface area contributed by atoms with Gasteiger partial charge in [-0.15, -0.1) is 0 Å². The predicted octanol–water partition coefficient (Wildman–Crippen LogP) is 4.79. The fourth-order valence-electron chi connectivity index (χ4n) is 7.67. The van der Waals surface area contributed by atoms with E-state index in [-0.39, 0.29) is 23.4 Å².